The average Bonchev–Trinajstić information content (AvgIpc) is 2.93. The largest absolute Gasteiger partial charge is 0.455 e. The number of rotatable bonds is 2. The predicted octanol–water partition coefficient (Wildman–Crippen LogP) is 4.91. The van der Waals surface area contributed by atoms with Crippen molar-refractivity contribution in [2.75, 3.05) is 4.90 Å². The van der Waals surface area contributed by atoms with E-state index in [0.717, 1.165) is 11.1 Å². The van der Waals surface area contributed by atoms with Crippen LogP contribution in [0, 0.1) is 0 Å². The van der Waals surface area contributed by atoms with Crippen molar-refractivity contribution in [2.24, 2.45) is 0 Å². The summed E-state index contributed by atoms with van der Waals surface area (Å²) in [6.07, 6.45) is 3.01. The maximum atomic E-state index is 12.9. The van der Waals surface area contributed by atoms with Crippen LogP contribution in [0.3, 0.4) is 0 Å². The van der Waals surface area contributed by atoms with Crippen molar-refractivity contribution in [1.29, 1.82) is 0 Å². The zero-order chi connectivity index (χ0) is 20.9. The third-order valence-electron chi connectivity index (χ3n) is 4.50. The number of hydrogen-bond acceptors (Lipinski definition) is 3. The molecule has 0 aromatic heterocycles. The van der Waals surface area contributed by atoms with Crippen LogP contribution in [-0.2, 0) is 11.3 Å². The van der Waals surface area contributed by atoms with E-state index >= 15 is 0 Å². The lowest BCUT2D eigenvalue weighted by Gasteiger charge is -2.22. The molecule has 3 aromatic rings. The maximum absolute atomic E-state index is 12.9. The fourth-order valence-electron chi connectivity index (χ4n) is 3.04. The summed E-state index contributed by atoms with van der Waals surface area (Å²) in [5, 5.41) is 0.468. The second-order valence-electron chi connectivity index (χ2n) is 6.57. The lowest BCUT2D eigenvalue weighted by atomic mass is 10.2. The summed E-state index contributed by atoms with van der Waals surface area (Å²) in [6.45, 7) is 0.255. The van der Waals surface area contributed by atoms with Crippen molar-refractivity contribution in [3.8, 4) is 11.5 Å². The molecule has 7 heteroatoms. The van der Waals surface area contributed by atoms with Gasteiger partial charge in [-0.2, -0.15) is 0 Å². The van der Waals surface area contributed by atoms with Crippen molar-refractivity contribution in [3.63, 3.8) is 0 Å². The molecule has 1 aliphatic rings. The highest BCUT2D eigenvalue weighted by atomic mass is 35.5. The molecule has 0 atom stereocenters. The van der Waals surface area contributed by atoms with Crippen molar-refractivity contribution in [3.05, 3.63) is 95.0 Å². The molecule has 1 aliphatic heterocycles. The molecule has 3 aromatic carbocycles. The Labute approximate surface area is 178 Å². The van der Waals surface area contributed by atoms with Gasteiger partial charge in [-0.15, -0.1) is 0 Å². The van der Waals surface area contributed by atoms with Crippen molar-refractivity contribution in [1.82, 2.24) is 10.9 Å². The number of nitrogens with one attached hydrogen (secondary N) is 2. The van der Waals surface area contributed by atoms with Gasteiger partial charge >= 0.3 is 6.03 Å². The van der Waals surface area contributed by atoms with E-state index in [1.807, 2.05) is 54.6 Å². The average molecular weight is 420 g/mol. The van der Waals surface area contributed by atoms with Crippen LogP contribution in [0.4, 0.5) is 10.5 Å². The number of carbonyl (C=O) groups excluding carboxylic acids is 2. The second-order valence-corrected chi connectivity index (χ2v) is 7.01. The van der Waals surface area contributed by atoms with Gasteiger partial charge in [0.1, 0.15) is 5.75 Å². The Bertz CT molecular complexity index is 1120. The van der Waals surface area contributed by atoms with Crippen LogP contribution in [0.5, 0.6) is 11.5 Å². The summed E-state index contributed by atoms with van der Waals surface area (Å²) in [6, 6.07) is 21.4. The van der Waals surface area contributed by atoms with Crippen LogP contribution in [-0.4, -0.2) is 11.9 Å². The van der Waals surface area contributed by atoms with E-state index in [1.54, 1.807) is 24.3 Å². The van der Waals surface area contributed by atoms with Crippen molar-refractivity contribution in [2.45, 2.75) is 6.54 Å². The second kappa shape index (κ2) is 8.71. The number of urea groups is 1. The maximum Gasteiger partial charge on any atom is 0.341 e. The monoisotopic (exact) mass is 419 g/mol. The summed E-state index contributed by atoms with van der Waals surface area (Å²) in [5.41, 5.74) is 7.06. The Morgan fingerprint density at radius 1 is 0.933 bits per heavy atom. The third-order valence-corrected chi connectivity index (χ3v) is 4.73. The van der Waals surface area contributed by atoms with Gasteiger partial charge in [0.25, 0.3) is 5.91 Å². The predicted molar refractivity (Wildman–Crippen MR) is 116 cm³/mol. The molecule has 1 heterocycles. The lowest BCUT2D eigenvalue weighted by Crippen LogP contribution is -2.48. The van der Waals surface area contributed by atoms with Gasteiger partial charge in [-0.05, 0) is 35.9 Å². The zero-order valence-corrected chi connectivity index (χ0v) is 16.6. The van der Waals surface area contributed by atoms with Gasteiger partial charge in [0.2, 0.25) is 0 Å². The minimum absolute atomic E-state index is 0.255. The molecule has 6 nitrogen and oxygen atoms in total. The van der Waals surface area contributed by atoms with Crippen LogP contribution in [0.1, 0.15) is 11.1 Å². The van der Waals surface area contributed by atoms with Gasteiger partial charge < -0.3 is 4.74 Å². The van der Waals surface area contributed by atoms with Crippen LogP contribution in [0.2, 0.25) is 5.02 Å². The van der Waals surface area contributed by atoms with E-state index in [2.05, 4.69) is 10.9 Å². The minimum atomic E-state index is -0.514. The van der Waals surface area contributed by atoms with E-state index in [1.165, 1.54) is 11.0 Å². The van der Waals surface area contributed by atoms with Gasteiger partial charge in [0.05, 0.1) is 12.2 Å². The number of fused-ring (bicyclic) bond motifs is 2. The molecule has 0 bridgehead atoms. The molecule has 150 valence electrons. The number of carbonyl (C=O) groups is 2. The highest BCUT2D eigenvalue weighted by Crippen LogP contribution is 2.40. The Morgan fingerprint density at radius 2 is 1.70 bits per heavy atom. The molecule has 0 aliphatic carbocycles. The Kier molecular flexibility index (Phi) is 5.68. The molecule has 0 saturated heterocycles. The molecule has 0 spiro atoms. The van der Waals surface area contributed by atoms with Crippen LogP contribution < -0.4 is 20.5 Å². The van der Waals surface area contributed by atoms with Gasteiger partial charge in [-0.1, -0.05) is 60.1 Å². The molecule has 0 saturated carbocycles. The Balaban J connectivity index is 1.50. The SMILES string of the molecule is O=C(C=Cc1ccccc1)NNC(=O)N1Cc2ccccc2Oc2ccc(Cl)cc21. The normalized spacial score (nSPS) is 12.4. The molecular weight excluding hydrogens is 402 g/mol. The molecule has 0 fully saturated rings. The van der Waals surface area contributed by atoms with Gasteiger partial charge in [0.15, 0.2) is 5.75 Å². The quantitative estimate of drug-likeness (QED) is 0.458. The first-order valence-electron chi connectivity index (χ1n) is 9.26. The number of hydrogen-bond donors (Lipinski definition) is 2. The fourth-order valence-corrected chi connectivity index (χ4v) is 3.20. The van der Waals surface area contributed by atoms with Gasteiger partial charge in [-0.3, -0.25) is 15.1 Å². The van der Waals surface area contributed by atoms with Crippen molar-refractivity contribution >= 4 is 35.3 Å². The molecule has 0 radical (unpaired) electrons. The number of para-hydroxylation sites is 1. The van der Waals surface area contributed by atoms with Crippen molar-refractivity contribution < 1.29 is 14.3 Å². The number of halogens is 1. The van der Waals surface area contributed by atoms with Crippen LogP contribution in [0.15, 0.2) is 78.9 Å². The van der Waals surface area contributed by atoms with Crippen LogP contribution in [0.25, 0.3) is 6.08 Å². The number of nitrogens with zero attached hydrogens (tertiary/aromatic N) is 1. The highest BCUT2D eigenvalue weighted by Gasteiger charge is 2.25. The fraction of sp³-hybridized carbons (Fsp3) is 0.0435. The number of anilines is 1. The standard InChI is InChI=1S/C23H18ClN3O3/c24-18-11-12-21-19(14-18)27(15-17-8-4-5-9-20(17)30-21)23(29)26-25-22(28)13-10-16-6-2-1-3-7-16/h1-14H,15H2,(H,25,28)(H,26,29). The smallest absolute Gasteiger partial charge is 0.341 e. The summed E-state index contributed by atoms with van der Waals surface area (Å²) >= 11 is 6.15. The lowest BCUT2D eigenvalue weighted by molar-refractivity contribution is -0.117. The molecule has 3 amide bonds. The Morgan fingerprint density at radius 3 is 2.53 bits per heavy atom. The molecule has 2 N–H and O–H groups in total. The van der Waals surface area contributed by atoms with E-state index in [4.69, 9.17) is 16.3 Å². The Hall–Kier alpha value is -3.77. The van der Waals surface area contributed by atoms with E-state index < -0.39 is 11.9 Å². The zero-order valence-electron chi connectivity index (χ0n) is 15.8. The summed E-state index contributed by atoms with van der Waals surface area (Å²) in [4.78, 5) is 26.4. The molecular formula is C23H18ClN3O3. The number of amides is 3. The number of benzene rings is 3. The minimum Gasteiger partial charge on any atom is -0.455 e. The van der Waals surface area contributed by atoms with E-state index in [-0.39, 0.29) is 6.54 Å². The topological polar surface area (TPSA) is 70.7 Å². The first kappa shape index (κ1) is 19.5. The van der Waals surface area contributed by atoms with E-state index in [9.17, 15) is 9.59 Å². The van der Waals surface area contributed by atoms with E-state index in [0.29, 0.717) is 22.2 Å². The summed E-state index contributed by atoms with van der Waals surface area (Å²) in [5.74, 6) is 0.700. The first-order chi connectivity index (χ1) is 14.6. The van der Waals surface area contributed by atoms with Gasteiger partial charge in [-0.25, -0.2) is 10.2 Å². The molecule has 0 unspecified atom stereocenters. The highest BCUT2D eigenvalue weighted by molar-refractivity contribution is 6.31. The van der Waals surface area contributed by atoms with Crippen LogP contribution >= 0.6 is 11.6 Å². The molecule has 30 heavy (non-hydrogen) atoms. The number of hydrazine groups is 1. The number of ether oxygens (including phenoxy) is 1. The van der Waals surface area contributed by atoms with Gasteiger partial charge in [0, 0.05) is 16.7 Å². The summed E-state index contributed by atoms with van der Waals surface area (Å²) in [7, 11) is 0. The summed E-state index contributed by atoms with van der Waals surface area (Å²) < 4.78 is 5.97. The molecule has 4 rings (SSSR count). The third kappa shape index (κ3) is 4.45. The first-order valence-corrected chi connectivity index (χ1v) is 9.64.